The van der Waals surface area contributed by atoms with Crippen molar-refractivity contribution in [2.24, 2.45) is 0 Å². The van der Waals surface area contributed by atoms with E-state index < -0.39 is 0 Å². The Morgan fingerprint density at radius 1 is 1.04 bits per heavy atom. The van der Waals surface area contributed by atoms with E-state index in [-0.39, 0.29) is 5.91 Å². The number of carbonyl (C=O) groups excluding carboxylic acids is 1. The Morgan fingerprint density at radius 2 is 1.80 bits per heavy atom. The molecule has 0 spiro atoms. The number of rotatable bonds is 3. The fourth-order valence-corrected chi connectivity index (χ4v) is 3.15. The maximum absolute atomic E-state index is 12.5. The van der Waals surface area contributed by atoms with Crippen molar-refractivity contribution < 1.29 is 9.53 Å². The molecule has 5 heteroatoms. The van der Waals surface area contributed by atoms with E-state index in [0.29, 0.717) is 5.70 Å². The summed E-state index contributed by atoms with van der Waals surface area (Å²) in [7, 11) is 0. The zero-order valence-electron chi connectivity index (χ0n) is 14.0. The topological polar surface area (TPSA) is 53.6 Å². The Morgan fingerprint density at radius 3 is 2.60 bits per heavy atom. The summed E-state index contributed by atoms with van der Waals surface area (Å²) in [5.74, 6) is -0.117. The number of hydrogen-bond donors (Lipinski definition) is 2. The average Bonchev–Trinajstić information content (AvgIpc) is 2.69. The quantitative estimate of drug-likeness (QED) is 0.905. The van der Waals surface area contributed by atoms with Gasteiger partial charge in [0.25, 0.3) is 5.91 Å². The molecule has 0 atom stereocenters. The first kappa shape index (κ1) is 15.7. The first-order chi connectivity index (χ1) is 12.3. The highest BCUT2D eigenvalue weighted by atomic mass is 16.5. The minimum Gasteiger partial charge on any atom is -0.378 e. The van der Waals surface area contributed by atoms with Gasteiger partial charge >= 0.3 is 0 Å². The number of carbonyl (C=O) groups is 1. The lowest BCUT2D eigenvalue weighted by atomic mass is 10.0. The van der Waals surface area contributed by atoms with Crippen LogP contribution in [0.5, 0.6) is 0 Å². The fraction of sp³-hybridized carbons (Fsp3) is 0.250. The Balaban J connectivity index is 1.40. The van der Waals surface area contributed by atoms with E-state index in [1.54, 1.807) is 0 Å². The zero-order valence-corrected chi connectivity index (χ0v) is 14.0. The minimum atomic E-state index is -0.117. The molecule has 4 rings (SSSR count). The van der Waals surface area contributed by atoms with E-state index in [1.807, 2.05) is 48.5 Å². The molecule has 1 saturated heterocycles. The summed E-state index contributed by atoms with van der Waals surface area (Å²) in [6.07, 6.45) is 2.70. The zero-order chi connectivity index (χ0) is 17.1. The standard InChI is InChI=1S/C20H21N3O2/c24-20(19-10-5-15-3-1-2-4-18(15)22-19)21-16-6-8-17(9-7-16)23-11-13-25-14-12-23/h1-4,6-10,22H,5,11-14H2,(H,21,24). The molecule has 2 aliphatic rings. The van der Waals surface area contributed by atoms with Crippen LogP contribution in [0.1, 0.15) is 5.56 Å². The molecule has 5 nitrogen and oxygen atoms in total. The summed E-state index contributed by atoms with van der Waals surface area (Å²) >= 11 is 0. The number of allylic oxidation sites excluding steroid dienone is 1. The van der Waals surface area contributed by atoms with E-state index in [4.69, 9.17) is 4.74 Å². The lowest BCUT2D eigenvalue weighted by Gasteiger charge is -2.29. The summed E-state index contributed by atoms with van der Waals surface area (Å²) in [6, 6.07) is 16.0. The summed E-state index contributed by atoms with van der Waals surface area (Å²) < 4.78 is 5.38. The molecule has 2 aliphatic heterocycles. The summed E-state index contributed by atoms with van der Waals surface area (Å²) in [4.78, 5) is 14.8. The van der Waals surface area contributed by atoms with Gasteiger partial charge in [-0.05, 0) is 42.3 Å². The van der Waals surface area contributed by atoms with E-state index in [0.717, 1.165) is 49.8 Å². The number of amides is 1. The molecule has 2 aromatic carbocycles. The van der Waals surface area contributed by atoms with Crippen LogP contribution >= 0.6 is 0 Å². The third-order valence-corrected chi connectivity index (χ3v) is 4.56. The van der Waals surface area contributed by atoms with E-state index >= 15 is 0 Å². The third-order valence-electron chi connectivity index (χ3n) is 4.56. The van der Waals surface area contributed by atoms with Crippen LogP contribution in [0.4, 0.5) is 17.1 Å². The number of fused-ring (bicyclic) bond motifs is 1. The molecular weight excluding hydrogens is 314 g/mol. The lowest BCUT2D eigenvalue weighted by molar-refractivity contribution is -0.112. The highest BCUT2D eigenvalue weighted by Crippen LogP contribution is 2.24. The monoisotopic (exact) mass is 335 g/mol. The van der Waals surface area contributed by atoms with Crippen LogP contribution in [-0.2, 0) is 16.0 Å². The third kappa shape index (κ3) is 3.51. The average molecular weight is 335 g/mol. The summed E-state index contributed by atoms with van der Waals surface area (Å²) in [6.45, 7) is 3.34. The van der Waals surface area contributed by atoms with Crippen LogP contribution in [0.3, 0.4) is 0 Å². The molecular formula is C20H21N3O2. The van der Waals surface area contributed by atoms with Crippen LogP contribution < -0.4 is 15.5 Å². The van der Waals surface area contributed by atoms with E-state index in [2.05, 4.69) is 21.6 Å². The Hall–Kier alpha value is -2.79. The largest absolute Gasteiger partial charge is 0.378 e. The van der Waals surface area contributed by atoms with Crippen LogP contribution in [-0.4, -0.2) is 32.2 Å². The first-order valence-electron chi connectivity index (χ1n) is 8.59. The van der Waals surface area contributed by atoms with Crippen LogP contribution in [0, 0.1) is 0 Å². The van der Waals surface area contributed by atoms with Gasteiger partial charge in [0, 0.05) is 30.2 Å². The highest BCUT2D eigenvalue weighted by molar-refractivity contribution is 6.06. The van der Waals surface area contributed by atoms with Crippen LogP contribution in [0.15, 0.2) is 60.3 Å². The van der Waals surface area contributed by atoms with Crippen molar-refractivity contribution in [1.82, 2.24) is 0 Å². The summed E-state index contributed by atoms with van der Waals surface area (Å²) in [5.41, 5.74) is 4.75. The van der Waals surface area contributed by atoms with Gasteiger partial charge in [0.05, 0.1) is 13.2 Å². The van der Waals surface area contributed by atoms with Gasteiger partial charge < -0.3 is 20.3 Å². The Kier molecular flexibility index (Phi) is 4.39. The SMILES string of the molecule is O=C(Nc1ccc(N2CCOCC2)cc1)C1=CCc2ccccc2N1. The molecule has 1 fully saturated rings. The maximum atomic E-state index is 12.5. The molecule has 0 aliphatic carbocycles. The van der Waals surface area contributed by atoms with Crippen molar-refractivity contribution in [2.45, 2.75) is 6.42 Å². The molecule has 0 bridgehead atoms. The highest BCUT2D eigenvalue weighted by Gasteiger charge is 2.16. The minimum absolute atomic E-state index is 0.117. The van der Waals surface area contributed by atoms with Gasteiger partial charge in [-0.3, -0.25) is 4.79 Å². The first-order valence-corrected chi connectivity index (χ1v) is 8.59. The molecule has 0 aromatic heterocycles. The van der Waals surface area contributed by atoms with Crippen molar-refractivity contribution >= 4 is 23.0 Å². The molecule has 25 heavy (non-hydrogen) atoms. The van der Waals surface area contributed by atoms with Gasteiger partial charge in [-0.15, -0.1) is 0 Å². The van der Waals surface area contributed by atoms with Gasteiger partial charge in [0.15, 0.2) is 0 Å². The predicted octanol–water partition coefficient (Wildman–Crippen LogP) is 3.01. The Bertz CT molecular complexity index is 793. The van der Waals surface area contributed by atoms with Crippen molar-refractivity contribution in [3.8, 4) is 0 Å². The second kappa shape index (κ2) is 6.99. The fourth-order valence-electron chi connectivity index (χ4n) is 3.15. The van der Waals surface area contributed by atoms with Crippen molar-refractivity contribution in [2.75, 3.05) is 41.8 Å². The van der Waals surface area contributed by atoms with Crippen molar-refractivity contribution in [3.63, 3.8) is 0 Å². The second-order valence-electron chi connectivity index (χ2n) is 6.20. The lowest BCUT2D eigenvalue weighted by Crippen LogP contribution is -2.36. The normalized spacial score (nSPS) is 16.5. The molecule has 2 heterocycles. The summed E-state index contributed by atoms with van der Waals surface area (Å²) in [5, 5.41) is 6.17. The second-order valence-corrected chi connectivity index (χ2v) is 6.20. The molecule has 1 amide bonds. The van der Waals surface area contributed by atoms with Crippen molar-refractivity contribution in [1.29, 1.82) is 0 Å². The number of hydrogen-bond acceptors (Lipinski definition) is 4. The van der Waals surface area contributed by atoms with E-state index in [1.165, 1.54) is 5.56 Å². The molecule has 0 saturated carbocycles. The number of para-hydroxylation sites is 1. The number of ether oxygens (including phenoxy) is 1. The predicted molar refractivity (Wildman–Crippen MR) is 100.0 cm³/mol. The molecule has 0 unspecified atom stereocenters. The molecule has 2 aromatic rings. The van der Waals surface area contributed by atoms with Gasteiger partial charge in [-0.2, -0.15) is 0 Å². The van der Waals surface area contributed by atoms with E-state index in [9.17, 15) is 4.79 Å². The van der Waals surface area contributed by atoms with Crippen molar-refractivity contribution in [3.05, 3.63) is 65.9 Å². The molecule has 2 N–H and O–H groups in total. The number of benzene rings is 2. The van der Waals surface area contributed by atoms with Crippen LogP contribution in [0.2, 0.25) is 0 Å². The number of nitrogens with one attached hydrogen (secondary N) is 2. The number of anilines is 3. The maximum Gasteiger partial charge on any atom is 0.271 e. The molecule has 128 valence electrons. The molecule has 0 radical (unpaired) electrons. The number of nitrogens with zero attached hydrogens (tertiary/aromatic N) is 1. The number of morpholine rings is 1. The van der Waals surface area contributed by atoms with Crippen LogP contribution in [0.25, 0.3) is 0 Å². The smallest absolute Gasteiger partial charge is 0.271 e. The van der Waals surface area contributed by atoms with Gasteiger partial charge in [0.1, 0.15) is 5.70 Å². The van der Waals surface area contributed by atoms with Gasteiger partial charge in [-0.1, -0.05) is 24.3 Å². The Labute approximate surface area is 147 Å². The van der Waals surface area contributed by atoms with Gasteiger partial charge in [0.2, 0.25) is 0 Å². The van der Waals surface area contributed by atoms with Gasteiger partial charge in [-0.25, -0.2) is 0 Å².